The molecule has 5 heteroatoms. The van der Waals surface area contributed by atoms with E-state index in [9.17, 15) is 13.2 Å². The minimum atomic E-state index is -4.24. The Morgan fingerprint density at radius 3 is 2.29 bits per heavy atom. The van der Waals surface area contributed by atoms with Crippen molar-refractivity contribution in [1.82, 2.24) is 10.2 Å². The van der Waals surface area contributed by atoms with Crippen LogP contribution >= 0.6 is 0 Å². The molecule has 2 nitrogen and oxygen atoms in total. The van der Waals surface area contributed by atoms with Gasteiger partial charge < -0.3 is 10.2 Å². The van der Waals surface area contributed by atoms with Gasteiger partial charge in [-0.15, -0.1) is 0 Å². The topological polar surface area (TPSA) is 15.3 Å². The summed E-state index contributed by atoms with van der Waals surface area (Å²) in [6.45, 7) is 6.80. The highest BCUT2D eigenvalue weighted by molar-refractivity contribution is 5.24. The molecule has 1 heterocycles. The van der Waals surface area contributed by atoms with Gasteiger partial charge in [0.15, 0.2) is 0 Å². The first-order chi connectivity index (χ1) is 11.5. The predicted octanol–water partition coefficient (Wildman–Crippen LogP) is 4.49. The minimum Gasteiger partial charge on any atom is -0.314 e. The van der Waals surface area contributed by atoms with E-state index in [1.54, 1.807) is 12.1 Å². The Hall–Kier alpha value is -1.07. The highest BCUT2D eigenvalue weighted by Gasteiger charge is 2.29. The number of halogens is 3. The molecule has 1 saturated heterocycles. The highest BCUT2D eigenvalue weighted by Crippen LogP contribution is 2.29. The van der Waals surface area contributed by atoms with E-state index in [1.807, 2.05) is 0 Å². The molecule has 1 aliphatic rings. The van der Waals surface area contributed by atoms with Gasteiger partial charge in [-0.3, -0.25) is 0 Å². The normalized spacial score (nSPS) is 17.3. The molecule has 24 heavy (non-hydrogen) atoms. The summed E-state index contributed by atoms with van der Waals surface area (Å²) in [7, 11) is 0. The number of nitrogens with one attached hydrogen (secondary N) is 1. The summed E-state index contributed by atoms with van der Waals surface area (Å²) < 4.78 is 37.5. The average Bonchev–Trinajstić information content (AvgIpc) is 2.58. The Morgan fingerprint density at radius 2 is 1.71 bits per heavy atom. The second-order valence-electron chi connectivity index (χ2n) is 6.67. The first-order valence-corrected chi connectivity index (χ1v) is 9.11. The first-order valence-electron chi connectivity index (χ1n) is 9.11. The van der Waals surface area contributed by atoms with Crippen molar-refractivity contribution in [3.63, 3.8) is 0 Å². The highest BCUT2D eigenvalue weighted by atomic mass is 19.4. The molecule has 1 aromatic carbocycles. The molecule has 1 aliphatic heterocycles. The van der Waals surface area contributed by atoms with Crippen LogP contribution in [0, 0.1) is 0 Å². The number of benzene rings is 1. The van der Waals surface area contributed by atoms with Gasteiger partial charge in [-0.05, 0) is 76.0 Å². The van der Waals surface area contributed by atoms with Gasteiger partial charge in [0.1, 0.15) is 0 Å². The monoisotopic (exact) mass is 342 g/mol. The molecule has 0 unspecified atom stereocenters. The number of hydrogen-bond acceptors (Lipinski definition) is 2. The summed E-state index contributed by atoms with van der Waals surface area (Å²) in [6.07, 6.45) is 2.36. The van der Waals surface area contributed by atoms with Crippen LogP contribution in [0.4, 0.5) is 13.2 Å². The molecule has 0 saturated carbocycles. The molecule has 0 aromatic heterocycles. The van der Waals surface area contributed by atoms with E-state index in [4.69, 9.17) is 0 Å². The van der Waals surface area contributed by atoms with Gasteiger partial charge in [0.25, 0.3) is 0 Å². The lowest BCUT2D eigenvalue weighted by Crippen LogP contribution is -2.42. The van der Waals surface area contributed by atoms with Gasteiger partial charge in [0.2, 0.25) is 0 Å². The molecule has 0 aliphatic carbocycles. The molecular formula is C19H29F3N2. The maximum Gasteiger partial charge on any atom is 0.416 e. The molecule has 0 spiro atoms. The van der Waals surface area contributed by atoms with E-state index in [0.717, 1.165) is 44.3 Å². The fraction of sp³-hybridized carbons (Fsp3) is 0.684. The standard InChI is InChI=1S/C19H29F3N2/c1-2-24-14-11-18(12-15-24)23-13-5-3-4-6-16-7-9-17(10-8-16)19(20,21)22/h7-10,18,23H,2-6,11-15H2,1H3. The summed E-state index contributed by atoms with van der Waals surface area (Å²) in [5.41, 5.74) is 0.424. The number of unbranched alkanes of at least 4 members (excludes halogenated alkanes) is 2. The third kappa shape index (κ3) is 6.44. The third-order valence-corrected chi connectivity index (χ3v) is 4.89. The molecular weight excluding hydrogens is 313 g/mol. The maximum atomic E-state index is 12.5. The average molecular weight is 342 g/mol. The van der Waals surface area contributed by atoms with Crippen molar-refractivity contribution >= 4 is 0 Å². The van der Waals surface area contributed by atoms with Crippen LogP contribution < -0.4 is 5.32 Å². The van der Waals surface area contributed by atoms with E-state index in [2.05, 4.69) is 17.1 Å². The maximum absolute atomic E-state index is 12.5. The van der Waals surface area contributed by atoms with Crippen LogP contribution in [-0.2, 0) is 12.6 Å². The van der Waals surface area contributed by atoms with Crippen LogP contribution in [-0.4, -0.2) is 37.1 Å². The van der Waals surface area contributed by atoms with Gasteiger partial charge in [-0.2, -0.15) is 13.2 Å². The van der Waals surface area contributed by atoms with Crippen LogP contribution in [0.2, 0.25) is 0 Å². The zero-order valence-electron chi connectivity index (χ0n) is 14.5. The Balaban J connectivity index is 1.54. The van der Waals surface area contributed by atoms with E-state index < -0.39 is 11.7 Å². The van der Waals surface area contributed by atoms with Gasteiger partial charge in [-0.25, -0.2) is 0 Å². The number of nitrogens with zero attached hydrogens (tertiary/aromatic N) is 1. The second kappa shape index (κ2) is 9.42. The van der Waals surface area contributed by atoms with Gasteiger partial charge >= 0.3 is 6.18 Å². The molecule has 1 aromatic rings. The number of rotatable bonds is 8. The predicted molar refractivity (Wildman–Crippen MR) is 92.1 cm³/mol. The van der Waals surface area contributed by atoms with E-state index in [-0.39, 0.29) is 0 Å². The third-order valence-electron chi connectivity index (χ3n) is 4.89. The van der Waals surface area contributed by atoms with Crippen molar-refractivity contribution in [2.75, 3.05) is 26.2 Å². The molecule has 0 amide bonds. The van der Waals surface area contributed by atoms with Crippen molar-refractivity contribution in [3.8, 4) is 0 Å². The fourth-order valence-corrected chi connectivity index (χ4v) is 3.25. The quantitative estimate of drug-likeness (QED) is 0.700. The van der Waals surface area contributed by atoms with Crippen molar-refractivity contribution in [3.05, 3.63) is 35.4 Å². The van der Waals surface area contributed by atoms with Crippen LogP contribution in [0.5, 0.6) is 0 Å². The van der Waals surface area contributed by atoms with Crippen LogP contribution in [0.25, 0.3) is 0 Å². The summed E-state index contributed by atoms with van der Waals surface area (Å²) in [5.74, 6) is 0. The number of piperidine rings is 1. The molecule has 1 N–H and O–H groups in total. The fourth-order valence-electron chi connectivity index (χ4n) is 3.25. The second-order valence-corrected chi connectivity index (χ2v) is 6.67. The minimum absolute atomic E-state index is 0.565. The summed E-state index contributed by atoms with van der Waals surface area (Å²) in [6, 6.07) is 6.22. The van der Waals surface area contributed by atoms with Crippen LogP contribution in [0.3, 0.4) is 0 Å². The van der Waals surface area contributed by atoms with Crippen molar-refractivity contribution in [2.24, 2.45) is 0 Å². The lowest BCUT2D eigenvalue weighted by atomic mass is 10.0. The van der Waals surface area contributed by atoms with Crippen LogP contribution in [0.1, 0.15) is 50.2 Å². The van der Waals surface area contributed by atoms with E-state index in [1.165, 1.54) is 38.1 Å². The summed E-state index contributed by atoms with van der Waals surface area (Å²) in [5, 5.41) is 3.64. The molecule has 2 rings (SSSR count). The molecule has 136 valence electrons. The summed E-state index contributed by atoms with van der Waals surface area (Å²) >= 11 is 0. The zero-order valence-corrected chi connectivity index (χ0v) is 14.5. The van der Waals surface area contributed by atoms with Gasteiger partial charge in [-0.1, -0.05) is 25.5 Å². The molecule has 1 fully saturated rings. The first kappa shape index (κ1) is 19.3. The number of aryl methyl sites for hydroxylation is 1. The van der Waals surface area contributed by atoms with Gasteiger partial charge in [0.05, 0.1) is 5.56 Å². The van der Waals surface area contributed by atoms with Crippen molar-refractivity contribution in [1.29, 1.82) is 0 Å². The smallest absolute Gasteiger partial charge is 0.314 e. The Labute approximate surface area is 143 Å². The summed E-state index contributed by atoms with van der Waals surface area (Å²) in [4.78, 5) is 2.49. The van der Waals surface area contributed by atoms with E-state index >= 15 is 0 Å². The zero-order chi connectivity index (χ0) is 17.4. The Bertz CT molecular complexity index is 462. The van der Waals surface area contributed by atoms with Crippen LogP contribution in [0.15, 0.2) is 24.3 Å². The SMILES string of the molecule is CCN1CCC(NCCCCCc2ccc(C(F)(F)F)cc2)CC1. The Kier molecular flexibility index (Phi) is 7.56. The number of alkyl halides is 3. The molecule has 0 radical (unpaired) electrons. The van der Waals surface area contributed by atoms with Crippen molar-refractivity contribution in [2.45, 2.75) is 57.7 Å². The number of hydrogen-bond donors (Lipinski definition) is 1. The van der Waals surface area contributed by atoms with Crippen molar-refractivity contribution < 1.29 is 13.2 Å². The lowest BCUT2D eigenvalue weighted by molar-refractivity contribution is -0.137. The Morgan fingerprint density at radius 1 is 1.04 bits per heavy atom. The molecule has 0 bridgehead atoms. The van der Waals surface area contributed by atoms with Gasteiger partial charge in [0, 0.05) is 6.04 Å². The molecule has 0 atom stereocenters. The number of likely N-dealkylation sites (tertiary alicyclic amines) is 1. The lowest BCUT2D eigenvalue weighted by Gasteiger charge is -2.31. The largest absolute Gasteiger partial charge is 0.416 e. The van der Waals surface area contributed by atoms with E-state index in [0.29, 0.717) is 6.04 Å².